The summed E-state index contributed by atoms with van der Waals surface area (Å²) in [7, 11) is 0. The first-order valence-corrected chi connectivity index (χ1v) is 4.77. The Kier molecular flexibility index (Phi) is 3.56. The van der Waals surface area contributed by atoms with E-state index in [4.69, 9.17) is 16.1 Å². The summed E-state index contributed by atoms with van der Waals surface area (Å²) >= 11 is 0.766. The van der Waals surface area contributed by atoms with E-state index in [1.807, 2.05) is 0 Å². The summed E-state index contributed by atoms with van der Waals surface area (Å²) in [5.41, 5.74) is 5.28. The Morgan fingerprint density at radius 3 is 2.75 bits per heavy atom. The number of hydrogen-bond acceptors (Lipinski definition) is 6. The number of alkyl halides is 3. The topological polar surface area (TPSA) is 95.0 Å². The van der Waals surface area contributed by atoms with Crippen LogP contribution in [0.5, 0.6) is 0 Å². The number of rotatable bonds is 3. The molecule has 5 nitrogen and oxygen atoms in total. The number of halogens is 3. The molecule has 88 valence electrons. The highest BCUT2D eigenvalue weighted by atomic mass is 32.1. The zero-order valence-corrected chi connectivity index (χ0v) is 8.56. The van der Waals surface area contributed by atoms with E-state index in [-0.39, 0.29) is 16.4 Å². The maximum Gasteiger partial charge on any atom is 0.416 e. The van der Waals surface area contributed by atoms with Crippen LogP contribution < -0.4 is 11.1 Å². The van der Waals surface area contributed by atoms with Crippen molar-refractivity contribution >= 4 is 22.4 Å². The van der Waals surface area contributed by atoms with Crippen molar-refractivity contribution in [3.63, 3.8) is 0 Å². The molecule has 0 aromatic carbocycles. The van der Waals surface area contributed by atoms with Gasteiger partial charge in [-0.15, -0.1) is 0 Å². The summed E-state index contributed by atoms with van der Waals surface area (Å²) in [6.07, 6.45) is -7.20. The van der Waals surface area contributed by atoms with Crippen molar-refractivity contribution in [1.82, 2.24) is 4.37 Å². The van der Waals surface area contributed by atoms with E-state index in [0.29, 0.717) is 0 Å². The third-order valence-corrected chi connectivity index (χ3v) is 2.48. The predicted octanol–water partition coefficient (Wildman–Crippen LogP) is 0.932. The van der Waals surface area contributed by atoms with Crippen LogP contribution in [0.4, 0.5) is 24.0 Å². The molecule has 0 radical (unpaired) electrons. The standard InChI is InChI=1S/C7H7F3N4OS/c8-7(9,10)4(15)2-13-6-3(1-11)5(12)14-16-6/h4,13,15H,2H2,(H2,12,14). The molecule has 4 N–H and O–H groups in total. The predicted molar refractivity (Wildman–Crippen MR) is 51.8 cm³/mol. The highest BCUT2D eigenvalue weighted by Crippen LogP contribution is 2.26. The number of nitrogen functional groups attached to an aromatic ring is 1. The van der Waals surface area contributed by atoms with Crippen molar-refractivity contribution in [3.8, 4) is 6.07 Å². The van der Waals surface area contributed by atoms with Crippen LogP contribution >= 0.6 is 11.5 Å². The number of nitriles is 1. The van der Waals surface area contributed by atoms with E-state index < -0.39 is 18.8 Å². The molecule has 1 heterocycles. The number of nitrogens with one attached hydrogen (secondary N) is 1. The lowest BCUT2D eigenvalue weighted by molar-refractivity contribution is -0.198. The summed E-state index contributed by atoms with van der Waals surface area (Å²) in [6, 6.07) is 1.70. The van der Waals surface area contributed by atoms with Crippen LogP contribution in [-0.2, 0) is 0 Å². The highest BCUT2D eigenvalue weighted by molar-refractivity contribution is 7.10. The molecule has 0 fully saturated rings. The van der Waals surface area contributed by atoms with Gasteiger partial charge in [-0.2, -0.15) is 22.8 Å². The minimum absolute atomic E-state index is 0.0145. The SMILES string of the molecule is N#Cc1c(N)nsc1NCC(O)C(F)(F)F. The molecule has 1 aromatic rings. The summed E-state index contributed by atoms with van der Waals surface area (Å²) in [5, 5.41) is 19.7. The average molecular weight is 252 g/mol. The Morgan fingerprint density at radius 2 is 2.25 bits per heavy atom. The van der Waals surface area contributed by atoms with Crippen molar-refractivity contribution < 1.29 is 18.3 Å². The van der Waals surface area contributed by atoms with Gasteiger partial charge in [-0.1, -0.05) is 0 Å². The molecule has 0 aliphatic carbocycles. The molecule has 0 bridgehead atoms. The van der Waals surface area contributed by atoms with Crippen LogP contribution in [0.1, 0.15) is 5.56 Å². The fourth-order valence-electron chi connectivity index (χ4n) is 0.836. The van der Waals surface area contributed by atoms with Crippen LogP contribution in [0, 0.1) is 11.3 Å². The van der Waals surface area contributed by atoms with E-state index in [0.717, 1.165) is 11.5 Å². The third kappa shape index (κ3) is 2.74. The zero-order chi connectivity index (χ0) is 12.3. The quantitative estimate of drug-likeness (QED) is 0.743. The van der Waals surface area contributed by atoms with E-state index in [2.05, 4.69) is 9.69 Å². The molecule has 0 saturated heterocycles. The van der Waals surface area contributed by atoms with Crippen molar-refractivity contribution in [3.05, 3.63) is 5.56 Å². The van der Waals surface area contributed by atoms with Gasteiger partial charge in [0.05, 0.1) is 6.54 Å². The van der Waals surface area contributed by atoms with Gasteiger partial charge in [-0.25, -0.2) is 0 Å². The first kappa shape index (κ1) is 12.5. The molecule has 0 spiro atoms. The lowest BCUT2D eigenvalue weighted by atomic mass is 10.3. The molecule has 0 aliphatic rings. The van der Waals surface area contributed by atoms with Gasteiger partial charge in [0.15, 0.2) is 11.9 Å². The summed E-state index contributed by atoms with van der Waals surface area (Å²) in [6.45, 7) is -0.750. The van der Waals surface area contributed by atoms with Crippen LogP contribution in [0.3, 0.4) is 0 Å². The van der Waals surface area contributed by atoms with Crippen molar-refractivity contribution in [2.24, 2.45) is 0 Å². The van der Waals surface area contributed by atoms with Gasteiger partial charge in [0, 0.05) is 0 Å². The van der Waals surface area contributed by atoms with Gasteiger partial charge >= 0.3 is 6.18 Å². The van der Waals surface area contributed by atoms with Gasteiger partial charge in [0.25, 0.3) is 0 Å². The first-order chi connectivity index (χ1) is 7.36. The summed E-state index contributed by atoms with van der Waals surface area (Å²) < 4.78 is 39.4. The fraction of sp³-hybridized carbons (Fsp3) is 0.429. The Hall–Kier alpha value is -1.53. The second kappa shape index (κ2) is 4.54. The smallest absolute Gasteiger partial charge is 0.382 e. The Balaban J connectivity index is 2.66. The zero-order valence-electron chi connectivity index (χ0n) is 7.75. The average Bonchev–Trinajstić information content (AvgIpc) is 2.54. The fourth-order valence-corrected chi connectivity index (χ4v) is 1.51. The molecule has 1 atom stereocenters. The molecule has 16 heavy (non-hydrogen) atoms. The van der Waals surface area contributed by atoms with E-state index in [9.17, 15) is 13.2 Å². The molecular weight excluding hydrogens is 245 g/mol. The second-order valence-electron chi connectivity index (χ2n) is 2.82. The van der Waals surface area contributed by atoms with E-state index >= 15 is 0 Å². The number of aliphatic hydroxyl groups excluding tert-OH is 1. The minimum atomic E-state index is -4.70. The maximum atomic E-state index is 11.9. The Labute approximate surface area is 92.5 Å². The van der Waals surface area contributed by atoms with Crippen molar-refractivity contribution in [2.75, 3.05) is 17.6 Å². The van der Waals surface area contributed by atoms with Gasteiger partial charge in [-0.3, -0.25) is 0 Å². The lowest BCUT2D eigenvalue weighted by Crippen LogP contribution is -2.34. The second-order valence-corrected chi connectivity index (χ2v) is 3.60. The van der Waals surface area contributed by atoms with Crippen LogP contribution in [0.2, 0.25) is 0 Å². The van der Waals surface area contributed by atoms with Crippen LogP contribution in [0.15, 0.2) is 0 Å². The van der Waals surface area contributed by atoms with Crippen molar-refractivity contribution in [1.29, 1.82) is 5.26 Å². The number of nitrogens with two attached hydrogens (primary N) is 1. The molecule has 0 amide bonds. The maximum absolute atomic E-state index is 11.9. The largest absolute Gasteiger partial charge is 0.416 e. The monoisotopic (exact) mass is 252 g/mol. The molecule has 1 aromatic heterocycles. The van der Waals surface area contributed by atoms with Gasteiger partial charge in [0.2, 0.25) is 0 Å². The van der Waals surface area contributed by atoms with E-state index in [1.54, 1.807) is 6.07 Å². The Bertz CT molecular complexity index is 411. The number of anilines is 2. The Morgan fingerprint density at radius 1 is 1.62 bits per heavy atom. The molecule has 0 aliphatic heterocycles. The van der Waals surface area contributed by atoms with Crippen molar-refractivity contribution in [2.45, 2.75) is 12.3 Å². The molecule has 1 rings (SSSR count). The number of hydrogen-bond donors (Lipinski definition) is 3. The normalized spacial score (nSPS) is 13.2. The number of nitrogens with zero attached hydrogens (tertiary/aromatic N) is 2. The van der Waals surface area contributed by atoms with Crippen LogP contribution in [-0.4, -0.2) is 28.3 Å². The van der Waals surface area contributed by atoms with Gasteiger partial charge in [0.1, 0.15) is 16.6 Å². The molecule has 9 heteroatoms. The van der Waals surface area contributed by atoms with Crippen LogP contribution in [0.25, 0.3) is 0 Å². The molecular formula is C7H7F3N4OS. The first-order valence-electron chi connectivity index (χ1n) is 4.00. The summed E-state index contributed by atoms with van der Waals surface area (Å²) in [4.78, 5) is 0. The third-order valence-electron chi connectivity index (χ3n) is 1.66. The summed E-state index contributed by atoms with van der Waals surface area (Å²) in [5.74, 6) is -0.0449. The minimum Gasteiger partial charge on any atom is -0.382 e. The highest BCUT2D eigenvalue weighted by Gasteiger charge is 2.38. The lowest BCUT2D eigenvalue weighted by Gasteiger charge is -2.14. The van der Waals surface area contributed by atoms with Gasteiger partial charge in [-0.05, 0) is 11.5 Å². The van der Waals surface area contributed by atoms with Gasteiger partial charge < -0.3 is 16.2 Å². The number of aliphatic hydroxyl groups is 1. The van der Waals surface area contributed by atoms with E-state index in [1.165, 1.54) is 0 Å². The number of aromatic nitrogens is 1. The molecule has 0 saturated carbocycles. The molecule has 1 unspecified atom stereocenters.